The highest BCUT2D eigenvalue weighted by Crippen LogP contribution is 2.29. The number of carbonyl (C=O) groups is 1. The molecule has 25 heavy (non-hydrogen) atoms. The summed E-state index contributed by atoms with van der Waals surface area (Å²) < 4.78 is 10.8. The molecule has 0 unspecified atom stereocenters. The number of ether oxygens (including phenoxy) is 1. The van der Waals surface area contributed by atoms with Crippen molar-refractivity contribution in [3.05, 3.63) is 36.0 Å². The molecule has 1 aromatic carbocycles. The molecule has 1 amide bonds. The molecule has 7 nitrogen and oxygen atoms in total. The summed E-state index contributed by atoms with van der Waals surface area (Å²) >= 11 is 0. The Bertz CT molecular complexity index is 927. The number of anilines is 1. The predicted octanol–water partition coefficient (Wildman–Crippen LogP) is 3.96. The summed E-state index contributed by atoms with van der Waals surface area (Å²) in [6.45, 7) is 7.41. The van der Waals surface area contributed by atoms with Gasteiger partial charge in [0.25, 0.3) is 0 Å². The van der Waals surface area contributed by atoms with E-state index in [9.17, 15) is 4.79 Å². The van der Waals surface area contributed by atoms with Crippen LogP contribution in [-0.4, -0.2) is 34.1 Å². The number of amides is 1. The molecule has 0 saturated carbocycles. The van der Waals surface area contributed by atoms with Gasteiger partial charge in [0, 0.05) is 7.05 Å². The van der Waals surface area contributed by atoms with Gasteiger partial charge in [0.1, 0.15) is 17.0 Å². The Morgan fingerprint density at radius 2 is 2.04 bits per heavy atom. The summed E-state index contributed by atoms with van der Waals surface area (Å²) in [5.41, 5.74) is 2.80. The molecule has 3 aromatic rings. The second-order valence-corrected chi connectivity index (χ2v) is 6.82. The minimum absolute atomic E-state index is 0.465. The minimum atomic E-state index is -0.575. The number of rotatable bonds is 2. The smallest absolute Gasteiger partial charge is 0.414 e. The molecular weight excluding hydrogens is 320 g/mol. The van der Waals surface area contributed by atoms with Crippen LogP contribution in [0.25, 0.3) is 22.4 Å². The third kappa shape index (κ3) is 3.45. The molecular formula is C18H20N4O3. The van der Waals surface area contributed by atoms with Crippen molar-refractivity contribution in [3.63, 3.8) is 0 Å². The SMILES string of the molecule is Cc1cccc2c(-c3cc(N(C)C(=O)OC(C)(C)C)cnn3)noc12. The van der Waals surface area contributed by atoms with Gasteiger partial charge in [-0.1, -0.05) is 17.3 Å². The average Bonchev–Trinajstić information content (AvgIpc) is 2.98. The molecule has 0 saturated heterocycles. The van der Waals surface area contributed by atoms with Crippen LogP contribution >= 0.6 is 0 Å². The summed E-state index contributed by atoms with van der Waals surface area (Å²) in [5.74, 6) is 0. The van der Waals surface area contributed by atoms with Gasteiger partial charge >= 0.3 is 6.09 Å². The van der Waals surface area contributed by atoms with Gasteiger partial charge in [-0.3, -0.25) is 4.90 Å². The highest BCUT2D eigenvalue weighted by molar-refractivity contribution is 5.93. The molecule has 0 aliphatic heterocycles. The zero-order chi connectivity index (χ0) is 18.2. The minimum Gasteiger partial charge on any atom is -0.443 e. The van der Waals surface area contributed by atoms with E-state index in [0.29, 0.717) is 22.7 Å². The number of carbonyl (C=O) groups excluding carboxylic acids is 1. The quantitative estimate of drug-likeness (QED) is 0.702. The predicted molar refractivity (Wildman–Crippen MR) is 94.4 cm³/mol. The molecule has 130 valence electrons. The lowest BCUT2D eigenvalue weighted by molar-refractivity contribution is 0.0589. The Morgan fingerprint density at radius 1 is 1.28 bits per heavy atom. The standard InChI is InChI=1S/C18H20N4O3/c1-11-7-6-8-13-15(21-25-16(11)13)14-9-12(10-19-20-14)22(5)17(23)24-18(2,3)4/h6-10H,1-5H3. The summed E-state index contributed by atoms with van der Waals surface area (Å²) in [5, 5.41) is 13.1. The van der Waals surface area contributed by atoms with Crippen molar-refractivity contribution in [1.29, 1.82) is 0 Å². The maximum atomic E-state index is 12.2. The highest BCUT2D eigenvalue weighted by atomic mass is 16.6. The first-order valence-electron chi connectivity index (χ1n) is 7.91. The first-order chi connectivity index (χ1) is 11.8. The summed E-state index contributed by atoms with van der Waals surface area (Å²) in [7, 11) is 1.62. The van der Waals surface area contributed by atoms with E-state index >= 15 is 0 Å². The monoisotopic (exact) mass is 340 g/mol. The molecule has 2 heterocycles. The maximum absolute atomic E-state index is 12.2. The van der Waals surface area contributed by atoms with E-state index in [4.69, 9.17) is 9.26 Å². The second-order valence-electron chi connectivity index (χ2n) is 6.82. The third-order valence-corrected chi connectivity index (χ3v) is 3.63. The van der Waals surface area contributed by atoms with Crippen LogP contribution in [0.3, 0.4) is 0 Å². The van der Waals surface area contributed by atoms with Gasteiger partial charge in [0.05, 0.1) is 17.3 Å². The van der Waals surface area contributed by atoms with Crippen LogP contribution in [0.15, 0.2) is 35.0 Å². The number of benzene rings is 1. The van der Waals surface area contributed by atoms with Gasteiger partial charge in [-0.25, -0.2) is 4.79 Å². The fourth-order valence-electron chi connectivity index (χ4n) is 2.38. The van der Waals surface area contributed by atoms with Crippen LogP contribution in [0.2, 0.25) is 0 Å². The normalized spacial score (nSPS) is 11.6. The lowest BCUT2D eigenvalue weighted by Crippen LogP contribution is -2.34. The van der Waals surface area contributed by atoms with Crippen molar-refractivity contribution in [3.8, 4) is 11.4 Å². The van der Waals surface area contributed by atoms with Crippen molar-refractivity contribution in [2.24, 2.45) is 0 Å². The molecule has 7 heteroatoms. The van der Waals surface area contributed by atoms with Crippen LogP contribution in [0.1, 0.15) is 26.3 Å². The van der Waals surface area contributed by atoms with Crippen LogP contribution in [0.4, 0.5) is 10.5 Å². The number of hydrogen-bond donors (Lipinski definition) is 0. The molecule has 0 N–H and O–H groups in total. The zero-order valence-corrected chi connectivity index (χ0v) is 14.9. The van der Waals surface area contributed by atoms with Crippen molar-refractivity contribution in [2.45, 2.75) is 33.3 Å². The Kier molecular flexibility index (Phi) is 4.16. The van der Waals surface area contributed by atoms with Crippen LogP contribution in [0, 0.1) is 6.92 Å². The van der Waals surface area contributed by atoms with E-state index in [0.717, 1.165) is 10.9 Å². The third-order valence-electron chi connectivity index (χ3n) is 3.63. The van der Waals surface area contributed by atoms with Crippen molar-refractivity contribution < 1.29 is 14.1 Å². The Hall–Kier alpha value is -2.96. The Morgan fingerprint density at radius 3 is 2.76 bits per heavy atom. The van der Waals surface area contributed by atoms with Gasteiger partial charge in [-0.15, -0.1) is 5.10 Å². The topological polar surface area (TPSA) is 81.4 Å². The van der Waals surface area contributed by atoms with Crippen molar-refractivity contribution in [2.75, 3.05) is 11.9 Å². The van der Waals surface area contributed by atoms with Crippen molar-refractivity contribution >= 4 is 22.7 Å². The maximum Gasteiger partial charge on any atom is 0.414 e. The van der Waals surface area contributed by atoms with E-state index in [1.807, 2.05) is 45.9 Å². The number of para-hydroxylation sites is 1. The second kappa shape index (κ2) is 6.16. The molecule has 0 fully saturated rings. The van der Waals surface area contributed by atoms with Gasteiger partial charge in [0.15, 0.2) is 5.58 Å². The van der Waals surface area contributed by atoms with Crippen LogP contribution in [0.5, 0.6) is 0 Å². The number of nitrogens with zero attached hydrogens (tertiary/aromatic N) is 4. The number of hydrogen-bond acceptors (Lipinski definition) is 6. The van der Waals surface area contributed by atoms with Gasteiger partial charge in [-0.2, -0.15) is 5.10 Å². The van der Waals surface area contributed by atoms with E-state index in [-0.39, 0.29) is 0 Å². The fourth-order valence-corrected chi connectivity index (χ4v) is 2.38. The fraction of sp³-hybridized carbons (Fsp3) is 0.333. The Balaban J connectivity index is 1.96. The molecule has 0 spiro atoms. The molecule has 3 rings (SSSR count). The number of fused-ring (bicyclic) bond motifs is 1. The Labute approximate surface area is 145 Å². The van der Waals surface area contributed by atoms with Crippen LogP contribution < -0.4 is 4.90 Å². The molecule has 0 atom stereocenters. The van der Waals surface area contributed by atoms with E-state index in [2.05, 4.69) is 15.4 Å². The molecule has 0 radical (unpaired) electrons. The number of aromatic nitrogens is 3. The van der Waals surface area contributed by atoms with Gasteiger partial charge in [0.2, 0.25) is 0 Å². The van der Waals surface area contributed by atoms with E-state index in [1.165, 1.54) is 11.1 Å². The van der Waals surface area contributed by atoms with Crippen molar-refractivity contribution in [1.82, 2.24) is 15.4 Å². The van der Waals surface area contributed by atoms with Gasteiger partial charge in [-0.05, 0) is 45.4 Å². The number of aryl methyl sites for hydroxylation is 1. The zero-order valence-electron chi connectivity index (χ0n) is 14.9. The van der Waals surface area contributed by atoms with E-state index in [1.54, 1.807) is 13.1 Å². The summed E-state index contributed by atoms with van der Waals surface area (Å²) in [4.78, 5) is 13.6. The van der Waals surface area contributed by atoms with E-state index < -0.39 is 11.7 Å². The lowest BCUT2D eigenvalue weighted by Gasteiger charge is -2.24. The molecule has 0 aliphatic rings. The molecule has 0 bridgehead atoms. The van der Waals surface area contributed by atoms with Crippen LogP contribution in [-0.2, 0) is 4.74 Å². The molecule has 0 aliphatic carbocycles. The summed E-state index contributed by atoms with van der Waals surface area (Å²) in [6.07, 6.45) is 1.04. The average molecular weight is 340 g/mol. The lowest BCUT2D eigenvalue weighted by atomic mass is 10.1. The largest absolute Gasteiger partial charge is 0.443 e. The first kappa shape index (κ1) is 16.9. The molecule has 2 aromatic heterocycles. The summed E-state index contributed by atoms with van der Waals surface area (Å²) in [6, 6.07) is 7.54. The first-order valence-corrected chi connectivity index (χ1v) is 7.91. The highest BCUT2D eigenvalue weighted by Gasteiger charge is 2.22. The van der Waals surface area contributed by atoms with Gasteiger partial charge < -0.3 is 9.26 Å².